The second-order valence-electron chi connectivity index (χ2n) is 8.50. The second-order valence-corrected chi connectivity index (χ2v) is 8.50. The summed E-state index contributed by atoms with van der Waals surface area (Å²) < 4.78 is 98.8. The number of benzene rings is 2. The van der Waals surface area contributed by atoms with E-state index in [1.54, 1.807) is 0 Å². The lowest BCUT2D eigenvalue weighted by atomic mass is 9.88. The maximum absolute atomic E-state index is 13.4. The van der Waals surface area contributed by atoms with Gasteiger partial charge in [-0.25, -0.2) is 4.39 Å². The minimum atomic E-state index is -4.99. The zero-order valence-electron chi connectivity index (χ0n) is 19.4. The molecule has 1 amide bonds. The molecule has 4 nitrogen and oxygen atoms in total. The third kappa shape index (κ3) is 7.33. The average molecular weight is 543 g/mol. The molecule has 1 aliphatic rings. The van der Waals surface area contributed by atoms with Gasteiger partial charge in [-0.1, -0.05) is 12.1 Å². The highest BCUT2D eigenvalue weighted by molar-refractivity contribution is 5.85. The number of ether oxygens (including phenoxy) is 1. The molecule has 1 fully saturated rings. The van der Waals surface area contributed by atoms with Crippen LogP contribution < -0.4 is 5.32 Å². The molecule has 3 atom stereocenters. The Kier molecular flexibility index (Phi) is 9.77. The molecule has 3 rings (SSSR count). The third-order valence-corrected chi connectivity index (χ3v) is 6.16. The number of alkyl halides is 6. The number of nitrogens with one attached hydrogen (secondary N) is 1. The van der Waals surface area contributed by atoms with Crippen LogP contribution in [-0.4, -0.2) is 43.7 Å². The van der Waals surface area contributed by atoms with E-state index >= 15 is 0 Å². The summed E-state index contributed by atoms with van der Waals surface area (Å²) in [6.45, 7) is 2.80. The van der Waals surface area contributed by atoms with Crippen molar-refractivity contribution in [1.29, 1.82) is 0 Å². The number of morpholine rings is 1. The van der Waals surface area contributed by atoms with E-state index in [1.165, 1.54) is 38.2 Å². The van der Waals surface area contributed by atoms with Crippen LogP contribution in [0.25, 0.3) is 0 Å². The van der Waals surface area contributed by atoms with E-state index in [2.05, 4.69) is 5.32 Å². The fourth-order valence-corrected chi connectivity index (χ4v) is 4.01. The molecule has 36 heavy (non-hydrogen) atoms. The van der Waals surface area contributed by atoms with E-state index in [0.29, 0.717) is 37.4 Å². The molecular weight excluding hydrogens is 517 g/mol. The number of carbonyl (C=O) groups is 1. The second kappa shape index (κ2) is 11.8. The van der Waals surface area contributed by atoms with Gasteiger partial charge in [0, 0.05) is 32.5 Å². The molecule has 2 aromatic rings. The van der Waals surface area contributed by atoms with E-state index in [9.17, 15) is 35.5 Å². The molecule has 200 valence electrons. The van der Waals surface area contributed by atoms with Crippen molar-refractivity contribution >= 4 is 18.3 Å². The molecule has 0 spiro atoms. The summed E-state index contributed by atoms with van der Waals surface area (Å²) in [7, 11) is 1.32. The minimum Gasteiger partial charge on any atom is -0.375 e. The van der Waals surface area contributed by atoms with Crippen LogP contribution in [0.3, 0.4) is 0 Å². The van der Waals surface area contributed by atoms with Gasteiger partial charge in [-0.2, -0.15) is 26.3 Å². The molecule has 1 saturated heterocycles. The van der Waals surface area contributed by atoms with Crippen LogP contribution in [0.2, 0.25) is 0 Å². The molecule has 1 aliphatic heterocycles. The van der Waals surface area contributed by atoms with Gasteiger partial charge in [0.05, 0.1) is 29.9 Å². The van der Waals surface area contributed by atoms with Crippen LogP contribution in [0.1, 0.15) is 47.6 Å². The SMILES string of the molecule is C[C@H](c1cc(C(F)(F)F)cc(C(F)(F)F)c1)N(C)C(=O)CC(c1ccc(F)cc1)C1CNCCO1.Cl. The summed E-state index contributed by atoms with van der Waals surface area (Å²) in [4.78, 5) is 14.3. The first-order chi connectivity index (χ1) is 16.3. The van der Waals surface area contributed by atoms with Crippen molar-refractivity contribution in [2.45, 2.75) is 43.8 Å². The zero-order valence-corrected chi connectivity index (χ0v) is 20.2. The van der Waals surface area contributed by atoms with Crippen LogP contribution in [0.15, 0.2) is 42.5 Å². The molecule has 0 radical (unpaired) electrons. The molecule has 1 heterocycles. The quantitative estimate of drug-likeness (QED) is 0.458. The van der Waals surface area contributed by atoms with Crippen LogP contribution in [-0.2, 0) is 21.9 Å². The first-order valence-electron chi connectivity index (χ1n) is 10.9. The fourth-order valence-electron chi connectivity index (χ4n) is 4.01. The van der Waals surface area contributed by atoms with Gasteiger partial charge in [-0.15, -0.1) is 12.4 Å². The predicted molar refractivity (Wildman–Crippen MR) is 121 cm³/mol. The Hall–Kier alpha value is -2.37. The summed E-state index contributed by atoms with van der Waals surface area (Å²) in [5.41, 5.74) is -2.55. The number of carbonyl (C=O) groups excluding carboxylic acids is 1. The minimum absolute atomic E-state index is 0. The number of rotatable bonds is 6. The number of amides is 1. The van der Waals surface area contributed by atoms with Crippen LogP contribution >= 0.6 is 12.4 Å². The Morgan fingerprint density at radius 1 is 1.03 bits per heavy atom. The van der Waals surface area contributed by atoms with Crippen LogP contribution in [0, 0.1) is 5.82 Å². The van der Waals surface area contributed by atoms with Gasteiger partial charge >= 0.3 is 12.4 Å². The van der Waals surface area contributed by atoms with E-state index in [1.807, 2.05) is 0 Å². The van der Waals surface area contributed by atoms with Gasteiger partial charge in [0.15, 0.2) is 0 Å². The normalized spacial score (nSPS) is 18.2. The standard InChI is InChI=1S/C24H25F7N2O2.ClH/c1-14(16-9-17(23(26,27)28)11-18(10-16)24(29,30)31)33(2)22(34)12-20(21-13-32-7-8-35-21)15-3-5-19(25)6-4-15;/h3-6,9-11,14,20-21,32H,7-8,12-13H2,1-2H3;1H/t14-,20?,21?;/m1./s1. The number of halogens is 8. The van der Waals surface area contributed by atoms with Crippen molar-refractivity contribution in [2.75, 3.05) is 26.7 Å². The Morgan fingerprint density at radius 3 is 2.06 bits per heavy atom. The van der Waals surface area contributed by atoms with Crippen molar-refractivity contribution in [3.8, 4) is 0 Å². The molecule has 0 saturated carbocycles. The number of hydrogen-bond donors (Lipinski definition) is 1. The average Bonchev–Trinajstić information content (AvgIpc) is 2.81. The first-order valence-corrected chi connectivity index (χ1v) is 10.9. The molecule has 2 aromatic carbocycles. The summed E-state index contributed by atoms with van der Waals surface area (Å²) in [5.74, 6) is -1.47. The lowest BCUT2D eigenvalue weighted by molar-refractivity contribution is -0.143. The molecule has 0 aromatic heterocycles. The zero-order chi connectivity index (χ0) is 26.0. The third-order valence-electron chi connectivity index (χ3n) is 6.16. The Labute approximate surface area is 210 Å². The summed E-state index contributed by atoms with van der Waals surface area (Å²) in [5, 5.41) is 3.15. The molecule has 2 unspecified atom stereocenters. The van der Waals surface area contributed by atoms with Gasteiger partial charge in [0.25, 0.3) is 0 Å². The van der Waals surface area contributed by atoms with Crippen molar-refractivity contribution < 1.29 is 40.3 Å². The highest BCUT2D eigenvalue weighted by Gasteiger charge is 2.38. The summed E-state index contributed by atoms with van der Waals surface area (Å²) in [6.07, 6.45) is -10.5. The maximum Gasteiger partial charge on any atom is 0.416 e. The van der Waals surface area contributed by atoms with Crippen LogP contribution in [0.4, 0.5) is 30.7 Å². The predicted octanol–water partition coefficient (Wildman–Crippen LogP) is 5.97. The summed E-state index contributed by atoms with van der Waals surface area (Å²) >= 11 is 0. The number of nitrogens with zero attached hydrogens (tertiary/aromatic N) is 1. The smallest absolute Gasteiger partial charge is 0.375 e. The van der Waals surface area contributed by atoms with Gasteiger partial charge < -0.3 is 15.0 Å². The summed E-state index contributed by atoms with van der Waals surface area (Å²) in [6, 6.07) is 5.76. The van der Waals surface area contributed by atoms with Gasteiger partial charge in [0.2, 0.25) is 5.91 Å². The lowest BCUT2D eigenvalue weighted by Gasteiger charge is -2.33. The van der Waals surface area contributed by atoms with Gasteiger partial charge in [0.1, 0.15) is 5.82 Å². The topological polar surface area (TPSA) is 41.6 Å². The molecular formula is C24H26ClF7N2O2. The van der Waals surface area contributed by atoms with E-state index in [4.69, 9.17) is 4.74 Å². The first kappa shape index (κ1) is 29.9. The molecule has 12 heteroatoms. The molecule has 1 N–H and O–H groups in total. The lowest BCUT2D eigenvalue weighted by Crippen LogP contribution is -2.43. The largest absolute Gasteiger partial charge is 0.416 e. The van der Waals surface area contributed by atoms with Gasteiger partial charge in [-0.05, 0) is 48.4 Å². The highest BCUT2D eigenvalue weighted by Crippen LogP contribution is 2.38. The molecule has 0 bridgehead atoms. The number of hydrogen-bond acceptors (Lipinski definition) is 3. The Balaban J connectivity index is 0.00000456. The maximum atomic E-state index is 13.4. The molecule has 0 aliphatic carbocycles. The van der Waals surface area contributed by atoms with Crippen LogP contribution in [0.5, 0.6) is 0 Å². The fraction of sp³-hybridized carbons (Fsp3) is 0.458. The monoisotopic (exact) mass is 542 g/mol. The van der Waals surface area contributed by atoms with Crippen molar-refractivity contribution in [1.82, 2.24) is 10.2 Å². The Morgan fingerprint density at radius 2 is 1.58 bits per heavy atom. The van der Waals surface area contributed by atoms with E-state index in [-0.39, 0.29) is 30.5 Å². The van der Waals surface area contributed by atoms with Gasteiger partial charge in [-0.3, -0.25) is 4.79 Å². The Bertz CT molecular complexity index is 990. The van der Waals surface area contributed by atoms with E-state index in [0.717, 1.165) is 4.90 Å². The highest BCUT2D eigenvalue weighted by atomic mass is 35.5. The van der Waals surface area contributed by atoms with Crippen molar-refractivity contribution in [3.63, 3.8) is 0 Å². The van der Waals surface area contributed by atoms with E-state index < -0.39 is 53.3 Å². The van der Waals surface area contributed by atoms with Crippen molar-refractivity contribution in [3.05, 3.63) is 70.5 Å². The van der Waals surface area contributed by atoms with Crippen molar-refractivity contribution in [2.24, 2.45) is 0 Å².